The van der Waals surface area contributed by atoms with E-state index in [0.717, 1.165) is 190 Å². The first kappa shape index (κ1) is 72.7. The highest BCUT2D eigenvalue weighted by Crippen LogP contribution is 2.34. The molecular weight excluding hydrogens is 1470 g/mol. The summed E-state index contributed by atoms with van der Waals surface area (Å²) < 4.78 is 11.0. The van der Waals surface area contributed by atoms with Gasteiger partial charge in [-0.25, -0.2) is 39.9 Å². The number of aromatic nitrogens is 12. The quantitative estimate of drug-likeness (QED) is 0.121. The van der Waals surface area contributed by atoms with E-state index in [4.69, 9.17) is 31.4 Å². The molecule has 0 aliphatic carbocycles. The van der Waals surface area contributed by atoms with Gasteiger partial charge in [0.2, 0.25) is 0 Å². The van der Waals surface area contributed by atoms with Gasteiger partial charge in [-0.2, -0.15) is 0 Å². The Kier molecular flexibility index (Phi) is 20.1. The van der Waals surface area contributed by atoms with Crippen molar-refractivity contribution in [2.24, 2.45) is 11.5 Å². The molecule has 3 saturated heterocycles. The molecule has 0 bridgehead atoms. The van der Waals surface area contributed by atoms with Crippen molar-refractivity contribution in [2.45, 2.75) is 77.9 Å². The van der Waals surface area contributed by atoms with Gasteiger partial charge >= 0.3 is 0 Å². The lowest BCUT2D eigenvalue weighted by molar-refractivity contribution is 0.315. The summed E-state index contributed by atoms with van der Waals surface area (Å²) in [6, 6.07) is 47.5. The number of nitrogens with two attached hydrogens (primary N) is 2. The summed E-state index contributed by atoms with van der Waals surface area (Å²) >= 11 is 6.61. The van der Waals surface area contributed by atoms with Gasteiger partial charge in [0.15, 0.2) is 0 Å². The summed E-state index contributed by atoms with van der Waals surface area (Å²) in [5.41, 5.74) is 30.3. The van der Waals surface area contributed by atoms with Crippen molar-refractivity contribution >= 4 is 131 Å². The number of anilines is 3. The van der Waals surface area contributed by atoms with E-state index in [0.29, 0.717) is 51.4 Å². The first-order valence-corrected chi connectivity index (χ1v) is 40.5. The molecule has 2 atom stereocenters. The zero-order chi connectivity index (χ0) is 76.3. The van der Waals surface area contributed by atoms with E-state index in [2.05, 4.69) is 101 Å². The molecule has 560 valence electrons. The summed E-state index contributed by atoms with van der Waals surface area (Å²) in [5, 5.41) is 7.45. The van der Waals surface area contributed by atoms with Crippen LogP contribution in [0.2, 0.25) is 0 Å². The first-order chi connectivity index (χ1) is 53.8. The average Bonchev–Trinajstić information content (AvgIpc) is 1.72. The van der Waals surface area contributed by atoms with E-state index < -0.39 is 0 Å². The van der Waals surface area contributed by atoms with Crippen LogP contribution in [0, 0.1) is 27.7 Å². The fourth-order valence-corrected chi connectivity index (χ4v) is 18.4. The van der Waals surface area contributed by atoms with Crippen LogP contribution in [0.15, 0.2) is 196 Å². The van der Waals surface area contributed by atoms with E-state index in [1.807, 2.05) is 137 Å². The second kappa shape index (κ2) is 30.6. The van der Waals surface area contributed by atoms with Crippen molar-refractivity contribution in [2.75, 3.05) is 81.2 Å². The van der Waals surface area contributed by atoms with Crippen LogP contribution in [0.25, 0.3) is 114 Å². The molecule has 5 N–H and O–H groups in total. The van der Waals surface area contributed by atoms with Gasteiger partial charge in [-0.05, 0) is 189 Å². The standard InChI is InChI=1S/C22H23N5OS.C21H21N5OS.C21H18N4OS.C20H19N5OS/c1-14-23-18-6-4-15(10-20(18)29-14)19-11-22(28)27-13-17(5-7-21(27)24-19)26-9-8-16(12-26)25(2)3;1-13-23-17-4-2-14(10-19(17)28-13)18-11-21(27)26-12-16(3-5-20(26)24-18)25-8-6-15(22)7-9-25;1-13-23-17-4-2-15(10-19(17)27-13)18-11-21(26)25-12-16(3-5-20(25)24-18)14-6-8-22-9-7-14;1-12-22-16-4-2-13(8-18(16)27-12)17-9-20(26)25-11-15(3-5-19(25)23-17)24-7-6-14(21)10-24/h4-7,10-11,13,16H,8-9,12H2,1-3H3;2-5,10-12,15H,6-9,22H2,1H3;2-6,10-12,22H,7-9H2,1H3;2-5,8-9,11,14H,6-7,10,21H2,1H3/t16-;;;/m0.../s1. The van der Waals surface area contributed by atoms with Crippen LogP contribution >= 0.6 is 45.3 Å². The maximum absolute atomic E-state index is 12.9. The third-order valence-electron chi connectivity index (χ3n) is 20.9. The smallest absolute Gasteiger partial charge is 0.258 e. The summed E-state index contributed by atoms with van der Waals surface area (Å²) in [5.74, 6) is 0. The number of fused-ring (bicyclic) bond motifs is 8. The lowest BCUT2D eigenvalue weighted by Crippen LogP contribution is -2.39. The van der Waals surface area contributed by atoms with Gasteiger partial charge in [0.1, 0.15) is 22.6 Å². The van der Waals surface area contributed by atoms with E-state index in [-0.39, 0.29) is 34.3 Å². The second-order valence-electron chi connectivity index (χ2n) is 28.9. The normalized spacial score (nSPS) is 16.2. The van der Waals surface area contributed by atoms with Crippen LogP contribution in [0.3, 0.4) is 0 Å². The minimum Gasteiger partial charge on any atom is -0.370 e. The lowest BCUT2D eigenvalue weighted by Gasteiger charge is -2.32. The Balaban J connectivity index is 0.000000108. The molecule has 4 aliphatic heterocycles. The average molecular weight is 1550 g/mol. The molecule has 0 saturated carbocycles. The highest BCUT2D eigenvalue weighted by Gasteiger charge is 2.26. The van der Waals surface area contributed by atoms with Crippen LogP contribution in [0.4, 0.5) is 17.1 Å². The molecule has 12 aromatic heterocycles. The fraction of sp³-hybridized carbons (Fsp3) is 0.262. The molecule has 16 aromatic rings. The zero-order valence-electron chi connectivity index (χ0n) is 62.2. The SMILES string of the molecule is Cc1nc2ccc(-c3cc(=O)n4cc(C5=CCNCC5)ccc4n3)cc2s1.Cc1nc2ccc(-c3cc(=O)n4cc(N5CCC(N)C5)ccc4n3)cc2s1.Cc1nc2ccc(-c3cc(=O)n4cc(N5CCC(N)CC5)ccc4n3)cc2s1.Cc1nc2ccc(-c3cc(=O)n4cc(N5CC[C@H](N(C)C)C5)ccc4n3)cc2s1. The second-order valence-corrected chi connectivity index (χ2v) is 33.9. The van der Waals surface area contributed by atoms with Gasteiger partial charge < -0.3 is 36.4 Å². The Bertz CT molecular complexity index is 6580. The molecule has 23 nitrogen and oxygen atoms in total. The van der Waals surface area contributed by atoms with Crippen LogP contribution < -0.4 is 53.7 Å². The molecule has 27 heteroatoms. The Morgan fingerprint density at radius 2 is 0.730 bits per heavy atom. The number of benzene rings is 4. The molecule has 20 rings (SSSR count). The maximum Gasteiger partial charge on any atom is 0.258 e. The molecule has 0 spiro atoms. The van der Waals surface area contributed by atoms with Crippen LogP contribution in [0.1, 0.15) is 57.7 Å². The van der Waals surface area contributed by atoms with Gasteiger partial charge in [-0.3, -0.25) is 36.8 Å². The first-order valence-electron chi connectivity index (χ1n) is 37.3. The van der Waals surface area contributed by atoms with E-state index in [1.54, 1.807) is 87.2 Å². The number of hydrogen-bond donors (Lipinski definition) is 3. The number of nitrogens with one attached hydrogen (secondary N) is 1. The number of hydrogen-bond acceptors (Lipinski definition) is 23. The van der Waals surface area contributed by atoms with Crippen LogP contribution in [-0.4, -0.2) is 147 Å². The minimum absolute atomic E-state index is 0.0595. The number of thiazole rings is 4. The summed E-state index contributed by atoms with van der Waals surface area (Å²) in [6.45, 7) is 15.4. The highest BCUT2D eigenvalue weighted by atomic mass is 32.1. The third kappa shape index (κ3) is 15.5. The molecular formula is C84H81N19O4S4. The van der Waals surface area contributed by atoms with Gasteiger partial charge in [0.25, 0.3) is 22.2 Å². The Labute approximate surface area is 653 Å². The van der Waals surface area contributed by atoms with Gasteiger partial charge in [0, 0.05) is 135 Å². The number of likely N-dealkylation sites (N-methyl/N-ethyl adjacent to an activating group) is 1. The van der Waals surface area contributed by atoms with Crippen molar-refractivity contribution in [1.82, 2.24) is 67.7 Å². The molecule has 111 heavy (non-hydrogen) atoms. The highest BCUT2D eigenvalue weighted by molar-refractivity contribution is 7.19. The molecule has 4 aliphatic rings. The molecule has 0 radical (unpaired) electrons. The topological polar surface area (TPSA) is 266 Å². The predicted octanol–water partition coefficient (Wildman–Crippen LogP) is 13.1. The zero-order valence-corrected chi connectivity index (χ0v) is 65.5. The van der Waals surface area contributed by atoms with Crippen LogP contribution in [-0.2, 0) is 0 Å². The van der Waals surface area contributed by atoms with Crippen molar-refractivity contribution in [3.63, 3.8) is 0 Å². The number of rotatable bonds is 9. The van der Waals surface area contributed by atoms with Crippen molar-refractivity contribution < 1.29 is 0 Å². The summed E-state index contributed by atoms with van der Waals surface area (Å²) in [7, 11) is 4.24. The van der Waals surface area contributed by atoms with Gasteiger partial charge in [0.05, 0.1) is 101 Å². The largest absolute Gasteiger partial charge is 0.370 e. The summed E-state index contributed by atoms with van der Waals surface area (Å²) in [4.78, 5) is 97.1. The van der Waals surface area contributed by atoms with Crippen LogP contribution in [0.5, 0.6) is 0 Å². The number of pyridine rings is 4. The van der Waals surface area contributed by atoms with E-state index in [9.17, 15) is 19.2 Å². The molecule has 1 unspecified atom stereocenters. The Morgan fingerprint density at radius 1 is 0.387 bits per heavy atom. The van der Waals surface area contributed by atoms with E-state index >= 15 is 0 Å². The molecule has 0 amide bonds. The lowest BCUT2D eigenvalue weighted by atomic mass is 10.0. The Hall–Kier alpha value is -11.1. The number of nitrogens with zero attached hydrogens (tertiary/aromatic N) is 16. The van der Waals surface area contributed by atoms with Gasteiger partial charge in [-0.15, -0.1) is 45.3 Å². The Morgan fingerprint density at radius 3 is 1.09 bits per heavy atom. The number of aryl methyl sites for hydroxylation is 4. The van der Waals surface area contributed by atoms with Crippen molar-refractivity contribution in [3.05, 3.63) is 243 Å². The van der Waals surface area contributed by atoms with E-state index in [1.165, 1.54) is 5.57 Å². The minimum atomic E-state index is -0.0825. The molecule has 16 heterocycles. The van der Waals surface area contributed by atoms with Gasteiger partial charge in [-0.1, -0.05) is 30.3 Å². The molecule has 4 aromatic carbocycles. The maximum atomic E-state index is 12.9. The monoisotopic (exact) mass is 1550 g/mol. The molecule has 3 fully saturated rings. The fourth-order valence-electron chi connectivity index (χ4n) is 15.0. The number of piperidine rings is 1. The van der Waals surface area contributed by atoms with Crippen molar-refractivity contribution in [3.8, 4) is 45.0 Å². The van der Waals surface area contributed by atoms with Crippen molar-refractivity contribution in [1.29, 1.82) is 0 Å². The predicted molar refractivity (Wildman–Crippen MR) is 453 cm³/mol. The third-order valence-corrected chi connectivity index (χ3v) is 24.7. The summed E-state index contributed by atoms with van der Waals surface area (Å²) in [6.07, 6.45) is 14.8.